The highest BCUT2D eigenvalue weighted by Gasteiger charge is 2.18. The predicted molar refractivity (Wildman–Crippen MR) is 45.6 cm³/mol. The molecule has 1 aliphatic heterocycles. The minimum atomic E-state index is 0.630. The van der Waals surface area contributed by atoms with Crippen molar-refractivity contribution in [1.82, 2.24) is 5.32 Å². The molecule has 10 heavy (non-hydrogen) atoms. The number of nitrogens with one attached hydrogen (secondary N) is 1. The van der Waals surface area contributed by atoms with Crippen LogP contribution in [0.3, 0.4) is 0 Å². The maximum atomic E-state index is 5.06. The Labute approximate surface area is 66.7 Å². The lowest BCUT2D eigenvalue weighted by molar-refractivity contribution is 0.0455. The molecule has 1 atom stereocenters. The van der Waals surface area contributed by atoms with E-state index in [2.05, 4.69) is 12.2 Å². The fourth-order valence-corrected chi connectivity index (χ4v) is 1.79. The van der Waals surface area contributed by atoms with Gasteiger partial charge in [0.25, 0.3) is 0 Å². The van der Waals surface area contributed by atoms with Crippen molar-refractivity contribution in [2.24, 2.45) is 0 Å². The van der Waals surface area contributed by atoms with E-state index in [4.69, 9.17) is 4.74 Å². The Morgan fingerprint density at radius 2 is 2.40 bits per heavy atom. The fraction of sp³-hybridized carbons (Fsp3) is 1.00. The van der Waals surface area contributed by atoms with Gasteiger partial charge in [-0.05, 0) is 14.0 Å². The minimum Gasteiger partial charge on any atom is -0.379 e. The van der Waals surface area contributed by atoms with Gasteiger partial charge in [0, 0.05) is 11.8 Å². The second-order valence-electron chi connectivity index (χ2n) is 2.68. The molecule has 0 aromatic heterocycles. The average molecular weight is 161 g/mol. The van der Waals surface area contributed by atoms with Crippen molar-refractivity contribution in [3.05, 3.63) is 0 Å². The van der Waals surface area contributed by atoms with Gasteiger partial charge in [-0.15, -0.1) is 0 Å². The molecule has 0 saturated carbocycles. The van der Waals surface area contributed by atoms with E-state index in [1.165, 1.54) is 5.75 Å². The van der Waals surface area contributed by atoms with E-state index < -0.39 is 0 Å². The molecule has 3 heteroatoms. The van der Waals surface area contributed by atoms with E-state index >= 15 is 0 Å². The first kappa shape index (κ1) is 8.37. The van der Waals surface area contributed by atoms with Gasteiger partial charge in [0.2, 0.25) is 0 Å². The van der Waals surface area contributed by atoms with Crippen LogP contribution < -0.4 is 5.32 Å². The molecule has 0 amide bonds. The summed E-state index contributed by atoms with van der Waals surface area (Å²) in [6.45, 7) is 4.12. The minimum absolute atomic E-state index is 0.630. The largest absolute Gasteiger partial charge is 0.379 e. The van der Waals surface area contributed by atoms with Gasteiger partial charge in [0.05, 0.1) is 18.5 Å². The molecule has 1 aliphatic rings. The van der Waals surface area contributed by atoms with Crippen molar-refractivity contribution in [2.45, 2.75) is 18.2 Å². The Morgan fingerprint density at radius 3 is 2.80 bits per heavy atom. The number of hydrogen-bond acceptors (Lipinski definition) is 3. The maximum Gasteiger partial charge on any atom is 0.0607 e. The first-order valence-corrected chi connectivity index (χ1v) is 4.74. The quantitative estimate of drug-likeness (QED) is 0.656. The third kappa shape index (κ3) is 2.48. The first-order chi connectivity index (χ1) is 4.83. The van der Waals surface area contributed by atoms with Crippen molar-refractivity contribution in [3.8, 4) is 0 Å². The molecule has 1 unspecified atom stereocenters. The molecule has 1 N–H and O–H groups in total. The van der Waals surface area contributed by atoms with Crippen LogP contribution in [0.2, 0.25) is 0 Å². The van der Waals surface area contributed by atoms with Gasteiger partial charge in [-0.2, -0.15) is 11.8 Å². The molecule has 1 heterocycles. The second kappa shape index (κ2) is 4.21. The molecule has 2 nitrogen and oxygen atoms in total. The molecule has 0 aliphatic carbocycles. The van der Waals surface area contributed by atoms with Crippen LogP contribution in [-0.4, -0.2) is 37.3 Å². The lowest BCUT2D eigenvalue weighted by atomic mass is 10.4. The Bertz CT molecular complexity index is 90.9. The summed E-state index contributed by atoms with van der Waals surface area (Å²) in [6.07, 6.45) is 0. The van der Waals surface area contributed by atoms with Gasteiger partial charge in [-0.25, -0.2) is 0 Å². The highest BCUT2D eigenvalue weighted by molar-refractivity contribution is 8.00. The van der Waals surface area contributed by atoms with Crippen LogP contribution in [0.15, 0.2) is 0 Å². The molecule has 0 bridgehead atoms. The Kier molecular flexibility index (Phi) is 3.52. The summed E-state index contributed by atoms with van der Waals surface area (Å²) < 4.78 is 5.06. The zero-order chi connectivity index (χ0) is 7.40. The second-order valence-corrected chi connectivity index (χ2v) is 4.02. The van der Waals surface area contributed by atoms with Crippen molar-refractivity contribution in [3.63, 3.8) is 0 Å². The van der Waals surface area contributed by atoms with Crippen LogP contribution in [0.5, 0.6) is 0 Å². The van der Waals surface area contributed by atoms with Crippen LogP contribution in [-0.2, 0) is 4.74 Å². The number of thioether (sulfide) groups is 1. The predicted octanol–water partition coefficient (Wildman–Crippen LogP) is 0.726. The molecule has 0 aromatic carbocycles. The molecule has 1 saturated heterocycles. The summed E-state index contributed by atoms with van der Waals surface area (Å²) in [6, 6.07) is 0.630. The SMILES string of the molecule is CNC(C)CSC1COC1. The Hall–Kier alpha value is 0.270. The third-order valence-corrected chi connectivity index (χ3v) is 3.12. The van der Waals surface area contributed by atoms with Crippen molar-refractivity contribution < 1.29 is 4.74 Å². The number of rotatable bonds is 4. The standard InChI is InChI=1S/C7H15NOS/c1-6(8-2)5-10-7-3-9-4-7/h6-8H,3-5H2,1-2H3. The molecular weight excluding hydrogens is 146 g/mol. The van der Waals surface area contributed by atoms with Crippen molar-refractivity contribution in [1.29, 1.82) is 0 Å². The lowest BCUT2D eigenvalue weighted by Crippen LogP contribution is -2.33. The van der Waals surface area contributed by atoms with Crippen molar-refractivity contribution in [2.75, 3.05) is 26.0 Å². The molecule has 1 fully saturated rings. The van der Waals surface area contributed by atoms with E-state index in [0.29, 0.717) is 6.04 Å². The third-order valence-electron chi connectivity index (χ3n) is 1.68. The van der Waals surface area contributed by atoms with Crippen LogP contribution in [0, 0.1) is 0 Å². The molecule has 0 spiro atoms. The summed E-state index contributed by atoms with van der Waals surface area (Å²) in [7, 11) is 2.00. The van der Waals surface area contributed by atoms with E-state index in [1.807, 2.05) is 18.8 Å². The Morgan fingerprint density at radius 1 is 1.70 bits per heavy atom. The summed E-state index contributed by atoms with van der Waals surface area (Å²) in [5, 5.41) is 3.98. The molecular formula is C7H15NOS. The molecule has 60 valence electrons. The van der Waals surface area contributed by atoms with Gasteiger partial charge >= 0.3 is 0 Å². The van der Waals surface area contributed by atoms with Crippen LogP contribution in [0.1, 0.15) is 6.92 Å². The summed E-state index contributed by atoms with van der Waals surface area (Å²) in [4.78, 5) is 0. The normalized spacial score (nSPS) is 22.2. The van der Waals surface area contributed by atoms with E-state index in [0.717, 1.165) is 18.5 Å². The Balaban J connectivity index is 1.93. The number of hydrogen-bond donors (Lipinski definition) is 1. The molecule has 0 aromatic rings. The monoisotopic (exact) mass is 161 g/mol. The summed E-state index contributed by atoms with van der Waals surface area (Å²) in [5.74, 6) is 1.20. The fourth-order valence-electron chi connectivity index (χ4n) is 0.674. The van der Waals surface area contributed by atoms with Crippen LogP contribution in [0.25, 0.3) is 0 Å². The topological polar surface area (TPSA) is 21.3 Å². The molecule has 0 radical (unpaired) electrons. The lowest BCUT2D eigenvalue weighted by Gasteiger charge is -2.26. The van der Waals surface area contributed by atoms with Crippen LogP contribution >= 0.6 is 11.8 Å². The van der Waals surface area contributed by atoms with E-state index in [9.17, 15) is 0 Å². The van der Waals surface area contributed by atoms with Crippen LogP contribution in [0.4, 0.5) is 0 Å². The average Bonchev–Trinajstić information content (AvgIpc) is 1.84. The summed E-state index contributed by atoms with van der Waals surface area (Å²) >= 11 is 2.01. The van der Waals surface area contributed by atoms with Gasteiger partial charge in [-0.1, -0.05) is 0 Å². The zero-order valence-corrected chi connectivity index (χ0v) is 7.41. The smallest absolute Gasteiger partial charge is 0.0607 e. The maximum absolute atomic E-state index is 5.06. The van der Waals surface area contributed by atoms with Gasteiger partial charge < -0.3 is 10.1 Å². The van der Waals surface area contributed by atoms with Gasteiger partial charge in [-0.3, -0.25) is 0 Å². The highest BCUT2D eigenvalue weighted by Crippen LogP contribution is 2.19. The van der Waals surface area contributed by atoms with Gasteiger partial charge in [0.15, 0.2) is 0 Å². The van der Waals surface area contributed by atoms with Crippen molar-refractivity contribution >= 4 is 11.8 Å². The van der Waals surface area contributed by atoms with E-state index in [1.54, 1.807) is 0 Å². The van der Waals surface area contributed by atoms with E-state index in [-0.39, 0.29) is 0 Å². The molecule has 1 rings (SSSR count). The zero-order valence-electron chi connectivity index (χ0n) is 6.59. The number of ether oxygens (including phenoxy) is 1. The highest BCUT2D eigenvalue weighted by atomic mass is 32.2. The summed E-state index contributed by atoms with van der Waals surface area (Å²) in [5.41, 5.74) is 0. The first-order valence-electron chi connectivity index (χ1n) is 3.69. The van der Waals surface area contributed by atoms with Gasteiger partial charge in [0.1, 0.15) is 0 Å².